The first kappa shape index (κ1) is 14.9. The fraction of sp³-hybridized carbons (Fsp3) is 0.882. The number of hydrogen-bond donors (Lipinski definition) is 1. The molecule has 0 aromatic carbocycles. The predicted octanol–water partition coefficient (Wildman–Crippen LogP) is 2.89. The van der Waals surface area contributed by atoms with E-state index < -0.39 is 0 Å². The molecule has 1 heterocycles. The van der Waals surface area contributed by atoms with Crippen LogP contribution in [0.3, 0.4) is 0 Å². The molecule has 0 bridgehead atoms. The van der Waals surface area contributed by atoms with Gasteiger partial charge in [0.2, 0.25) is 0 Å². The molecular formula is C17H30N2. The van der Waals surface area contributed by atoms with E-state index in [9.17, 15) is 0 Å². The lowest BCUT2D eigenvalue weighted by atomic mass is 9.81. The Labute approximate surface area is 119 Å². The third kappa shape index (κ3) is 5.16. The summed E-state index contributed by atoms with van der Waals surface area (Å²) in [5.74, 6) is 4.70. The van der Waals surface area contributed by atoms with Gasteiger partial charge in [-0.2, -0.15) is 0 Å². The lowest BCUT2D eigenvalue weighted by molar-refractivity contribution is 0.211. The highest BCUT2D eigenvalue weighted by Gasteiger charge is 2.20. The van der Waals surface area contributed by atoms with Crippen LogP contribution < -0.4 is 5.32 Å². The summed E-state index contributed by atoms with van der Waals surface area (Å²) < 4.78 is 0. The van der Waals surface area contributed by atoms with Crippen LogP contribution in [0.25, 0.3) is 0 Å². The molecule has 1 aliphatic carbocycles. The molecule has 1 aliphatic heterocycles. The first-order valence-corrected chi connectivity index (χ1v) is 8.17. The average Bonchev–Trinajstić information content (AvgIpc) is 2.41. The minimum absolute atomic E-state index is 0.732. The molecule has 0 aromatic rings. The van der Waals surface area contributed by atoms with Crippen LogP contribution in [0.15, 0.2) is 0 Å². The summed E-state index contributed by atoms with van der Waals surface area (Å²) in [6, 6.07) is 0.732. The summed E-state index contributed by atoms with van der Waals surface area (Å²) in [6.45, 7) is 6.80. The van der Waals surface area contributed by atoms with Gasteiger partial charge >= 0.3 is 0 Å². The monoisotopic (exact) mass is 262 g/mol. The van der Waals surface area contributed by atoms with E-state index in [4.69, 9.17) is 6.42 Å². The van der Waals surface area contributed by atoms with E-state index >= 15 is 0 Å². The van der Waals surface area contributed by atoms with Gasteiger partial charge in [0.05, 0.1) is 6.54 Å². The number of terminal acetylenes is 1. The number of rotatable bonds is 5. The topological polar surface area (TPSA) is 15.3 Å². The molecule has 2 fully saturated rings. The fourth-order valence-corrected chi connectivity index (χ4v) is 3.74. The van der Waals surface area contributed by atoms with Gasteiger partial charge in [0, 0.05) is 19.1 Å². The van der Waals surface area contributed by atoms with Crippen molar-refractivity contribution in [3.05, 3.63) is 0 Å². The van der Waals surface area contributed by atoms with E-state index in [1.54, 1.807) is 0 Å². The Kier molecular flexibility index (Phi) is 6.20. The van der Waals surface area contributed by atoms with Crippen molar-refractivity contribution in [3.63, 3.8) is 0 Å². The van der Waals surface area contributed by atoms with Crippen LogP contribution in [0.4, 0.5) is 0 Å². The Hall–Kier alpha value is -0.520. The van der Waals surface area contributed by atoms with E-state index in [2.05, 4.69) is 23.1 Å². The molecule has 19 heavy (non-hydrogen) atoms. The van der Waals surface area contributed by atoms with E-state index in [0.717, 1.165) is 24.4 Å². The normalized spacial score (nSPS) is 30.1. The van der Waals surface area contributed by atoms with Crippen LogP contribution in [-0.2, 0) is 0 Å². The third-order valence-electron chi connectivity index (χ3n) is 4.93. The van der Waals surface area contributed by atoms with E-state index in [1.807, 2.05) is 0 Å². The summed E-state index contributed by atoms with van der Waals surface area (Å²) in [5.41, 5.74) is 0. The molecule has 0 spiro atoms. The Morgan fingerprint density at radius 2 is 2.00 bits per heavy atom. The van der Waals surface area contributed by atoms with Crippen molar-refractivity contribution < 1.29 is 0 Å². The maximum atomic E-state index is 5.36. The molecule has 108 valence electrons. The molecule has 0 radical (unpaired) electrons. The van der Waals surface area contributed by atoms with Gasteiger partial charge in [0.1, 0.15) is 0 Å². The Bertz CT molecular complexity index is 286. The molecule has 2 nitrogen and oxygen atoms in total. The molecular weight excluding hydrogens is 232 g/mol. The molecule has 2 atom stereocenters. The van der Waals surface area contributed by atoms with Crippen molar-refractivity contribution in [2.24, 2.45) is 11.8 Å². The molecule has 2 rings (SSSR count). The standard InChI is InChI=1S/C17H30N2/c1-3-11-19-12-8-17(9-13-19)18-10-7-16-6-4-5-15(2)14-16/h1,15-18H,4-14H2,2H3. The predicted molar refractivity (Wildman–Crippen MR) is 82.0 cm³/mol. The Balaban J connectivity index is 1.55. The van der Waals surface area contributed by atoms with Crippen LogP contribution in [0, 0.1) is 24.2 Å². The number of hydrogen-bond acceptors (Lipinski definition) is 2. The van der Waals surface area contributed by atoms with Gasteiger partial charge in [-0.25, -0.2) is 0 Å². The van der Waals surface area contributed by atoms with Crippen LogP contribution in [-0.4, -0.2) is 37.1 Å². The minimum atomic E-state index is 0.732. The van der Waals surface area contributed by atoms with Crippen molar-refractivity contribution in [3.8, 4) is 12.3 Å². The summed E-state index contributed by atoms with van der Waals surface area (Å²) in [5, 5.41) is 3.77. The zero-order valence-corrected chi connectivity index (χ0v) is 12.5. The van der Waals surface area contributed by atoms with Crippen LogP contribution in [0.2, 0.25) is 0 Å². The van der Waals surface area contributed by atoms with Crippen molar-refractivity contribution in [2.45, 2.75) is 57.9 Å². The summed E-state index contributed by atoms with van der Waals surface area (Å²) >= 11 is 0. The largest absolute Gasteiger partial charge is 0.314 e. The molecule has 0 aromatic heterocycles. The van der Waals surface area contributed by atoms with E-state index in [0.29, 0.717) is 0 Å². The Morgan fingerprint density at radius 1 is 1.21 bits per heavy atom. The molecule has 1 saturated heterocycles. The van der Waals surface area contributed by atoms with E-state index in [1.165, 1.54) is 64.6 Å². The van der Waals surface area contributed by atoms with Gasteiger partial charge in [-0.3, -0.25) is 4.90 Å². The smallest absolute Gasteiger partial charge is 0.0598 e. The highest BCUT2D eigenvalue weighted by molar-refractivity contribution is 4.90. The lowest BCUT2D eigenvalue weighted by Crippen LogP contribution is -2.43. The van der Waals surface area contributed by atoms with Crippen LogP contribution in [0.5, 0.6) is 0 Å². The molecule has 2 heteroatoms. The summed E-state index contributed by atoms with van der Waals surface area (Å²) in [6.07, 6.45) is 15.1. The highest BCUT2D eigenvalue weighted by atomic mass is 15.1. The van der Waals surface area contributed by atoms with Crippen LogP contribution >= 0.6 is 0 Å². The zero-order valence-electron chi connectivity index (χ0n) is 12.5. The van der Waals surface area contributed by atoms with Gasteiger partial charge < -0.3 is 5.32 Å². The molecule has 2 unspecified atom stereocenters. The molecule has 1 N–H and O–H groups in total. The lowest BCUT2D eigenvalue weighted by Gasteiger charge is -2.32. The molecule has 2 aliphatic rings. The maximum Gasteiger partial charge on any atom is 0.0598 e. The minimum Gasteiger partial charge on any atom is -0.314 e. The van der Waals surface area contributed by atoms with Gasteiger partial charge in [-0.1, -0.05) is 32.1 Å². The van der Waals surface area contributed by atoms with Gasteiger partial charge in [-0.15, -0.1) is 6.42 Å². The number of piperidine rings is 1. The molecule has 1 saturated carbocycles. The van der Waals surface area contributed by atoms with Crippen molar-refractivity contribution >= 4 is 0 Å². The first-order valence-electron chi connectivity index (χ1n) is 8.17. The number of likely N-dealkylation sites (tertiary alicyclic amines) is 1. The number of nitrogens with one attached hydrogen (secondary N) is 1. The Morgan fingerprint density at radius 3 is 2.68 bits per heavy atom. The third-order valence-corrected chi connectivity index (χ3v) is 4.93. The van der Waals surface area contributed by atoms with Gasteiger partial charge in [-0.05, 0) is 44.1 Å². The first-order chi connectivity index (χ1) is 9.28. The second-order valence-corrected chi connectivity index (χ2v) is 6.64. The SMILES string of the molecule is C#CCN1CCC(NCCC2CCCC(C)C2)CC1. The number of nitrogens with zero attached hydrogens (tertiary/aromatic N) is 1. The fourth-order valence-electron chi connectivity index (χ4n) is 3.74. The van der Waals surface area contributed by atoms with Gasteiger partial charge in [0.15, 0.2) is 0 Å². The quantitative estimate of drug-likeness (QED) is 0.766. The average molecular weight is 262 g/mol. The second-order valence-electron chi connectivity index (χ2n) is 6.64. The second kappa shape index (κ2) is 7.92. The maximum absolute atomic E-state index is 5.36. The van der Waals surface area contributed by atoms with E-state index in [-0.39, 0.29) is 0 Å². The van der Waals surface area contributed by atoms with Crippen molar-refractivity contribution in [1.82, 2.24) is 10.2 Å². The van der Waals surface area contributed by atoms with Crippen molar-refractivity contribution in [1.29, 1.82) is 0 Å². The summed E-state index contributed by atoms with van der Waals surface area (Å²) in [4.78, 5) is 2.39. The summed E-state index contributed by atoms with van der Waals surface area (Å²) in [7, 11) is 0. The van der Waals surface area contributed by atoms with Crippen molar-refractivity contribution in [2.75, 3.05) is 26.2 Å². The highest BCUT2D eigenvalue weighted by Crippen LogP contribution is 2.30. The molecule has 0 amide bonds. The zero-order chi connectivity index (χ0) is 13.5. The van der Waals surface area contributed by atoms with Gasteiger partial charge in [0.25, 0.3) is 0 Å². The van der Waals surface area contributed by atoms with Crippen LogP contribution in [0.1, 0.15) is 51.9 Å².